The van der Waals surface area contributed by atoms with E-state index < -0.39 is 0 Å². The Labute approximate surface area is 62.6 Å². The van der Waals surface area contributed by atoms with E-state index in [0.717, 1.165) is 24.5 Å². The Morgan fingerprint density at radius 1 is 1.20 bits per heavy atom. The summed E-state index contributed by atoms with van der Waals surface area (Å²) in [6.45, 7) is 3.70. The highest BCUT2D eigenvalue weighted by molar-refractivity contribution is 5.96. The van der Waals surface area contributed by atoms with Crippen LogP contribution in [-0.4, -0.2) is 5.71 Å². The molecule has 1 N–H and O–H groups in total. The van der Waals surface area contributed by atoms with Gasteiger partial charge in [-0.25, -0.2) is 0 Å². The number of rotatable bonds is 1. The van der Waals surface area contributed by atoms with Crippen molar-refractivity contribution in [3.63, 3.8) is 0 Å². The molecule has 55 valence electrons. The molecule has 0 heterocycles. The highest BCUT2D eigenvalue weighted by Crippen LogP contribution is 2.22. The minimum absolute atomic E-state index is 0.813. The van der Waals surface area contributed by atoms with E-state index in [2.05, 4.69) is 6.58 Å². The quantitative estimate of drug-likeness (QED) is 0.536. The van der Waals surface area contributed by atoms with Gasteiger partial charge in [0.15, 0.2) is 0 Å². The molecule has 0 aromatic heterocycles. The lowest BCUT2D eigenvalue weighted by molar-refractivity contribution is 0.716. The zero-order valence-electron chi connectivity index (χ0n) is 6.32. The van der Waals surface area contributed by atoms with E-state index in [4.69, 9.17) is 5.41 Å². The molecule has 1 radical (unpaired) electrons. The van der Waals surface area contributed by atoms with E-state index in [0.29, 0.717) is 0 Å². The first-order valence-corrected chi connectivity index (χ1v) is 3.90. The van der Waals surface area contributed by atoms with Crippen LogP contribution in [0.15, 0.2) is 12.7 Å². The Morgan fingerprint density at radius 3 is 2.60 bits per heavy atom. The van der Waals surface area contributed by atoms with Crippen LogP contribution in [0.25, 0.3) is 0 Å². The van der Waals surface area contributed by atoms with Gasteiger partial charge in [-0.15, -0.1) is 6.58 Å². The van der Waals surface area contributed by atoms with Crippen molar-refractivity contribution in [2.75, 3.05) is 0 Å². The molecule has 0 aromatic carbocycles. The summed E-state index contributed by atoms with van der Waals surface area (Å²) in [4.78, 5) is 0. The standard InChI is InChI=1S/C9H14N/c1-2-8-6-4-3-5-7-9(8)10/h2,10H,1,3-7H2. The van der Waals surface area contributed by atoms with Crippen LogP contribution in [0.2, 0.25) is 0 Å². The topological polar surface area (TPSA) is 23.9 Å². The lowest BCUT2D eigenvalue weighted by Crippen LogP contribution is -2.05. The summed E-state index contributed by atoms with van der Waals surface area (Å²) in [6, 6.07) is 0. The fourth-order valence-electron chi connectivity index (χ4n) is 1.33. The van der Waals surface area contributed by atoms with Gasteiger partial charge in [-0.2, -0.15) is 0 Å². The molecule has 0 aromatic rings. The molecule has 1 fully saturated rings. The predicted molar refractivity (Wildman–Crippen MR) is 44.3 cm³/mol. The van der Waals surface area contributed by atoms with Crippen LogP contribution < -0.4 is 0 Å². The van der Waals surface area contributed by atoms with Gasteiger partial charge < -0.3 is 5.41 Å². The van der Waals surface area contributed by atoms with Crippen molar-refractivity contribution in [2.24, 2.45) is 0 Å². The molecular formula is C9H14N. The molecule has 10 heavy (non-hydrogen) atoms. The summed E-state index contributed by atoms with van der Waals surface area (Å²) in [5.41, 5.74) is 0.813. The third-order valence-corrected chi connectivity index (χ3v) is 2.01. The summed E-state index contributed by atoms with van der Waals surface area (Å²) in [5, 5.41) is 7.58. The van der Waals surface area contributed by atoms with Crippen LogP contribution in [0.1, 0.15) is 32.1 Å². The van der Waals surface area contributed by atoms with Gasteiger partial charge in [0.25, 0.3) is 0 Å². The van der Waals surface area contributed by atoms with Gasteiger partial charge in [-0.1, -0.05) is 18.9 Å². The van der Waals surface area contributed by atoms with Crippen LogP contribution in [0.5, 0.6) is 0 Å². The maximum atomic E-state index is 7.58. The van der Waals surface area contributed by atoms with E-state index in [1.807, 2.05) is 6.08 Å². The summed E-state index contributed by atoms with van der Waals surface area (Å²) < 4.78 is 0. The molecule has 0 bridgehead atoms. The van der Waals surface area contributed by atoms with Crippen molar-refractivity contribution in [3.8, 4) is 0 Å². The van der Waals surface area contributed by atoms with Gasteiger partial charge in [0.2, 0.25) is 0 Å². The van der Waals surface area contributed by atoms with Crippen LogP contribution in [-0.2, 0) is 0 Å². The third kappa shape index (κ3) is 1.69. The van der Waals surface area contributed by atoms with Gasteiger partial charge >= 0.3 is 0 Å². The van der Waals surface area contributed by atoms with Gasteiger partial charge in [0.05, 0.1) is 0 Å². The zero-order chi connectivity index (χ0) is 7.40. The van der Waals surface area contributed by atoms with E-state index in [1.54, 1.807) is 0 Å². The van der Waals surface area contributed by atoms with Crippen LogP contribution >= 0.6 is 0 Å². The maximum absolute atomic E-state index is 7.58. The van der Waals surface area contributed by atoms with Gasteiger partial charge in [0, 0.05) is 11.6 Å². The third-order valence-electron chi connectivity index (χ3n) is 2.01. The van der Waals surface area contributed by atoms with Gasteiger partial charge in [0.1, 0.15) is 0 Å². The number of hydrogen-bond donors (Lipinski definition) is 1. The molecule has 1 heteroatoms. The van der Waals surface area contributed by atoms with Crippen molar-refractivity contribution in [1.29, 1.82) is 5.41 Å². The predicted octanol–water partition coefficient (Wildman–Crippen LogP) is 2.73. The van der Waals surface area contributed by atoms with Crippen molar-refractivity contribution < 1.29 is 0 Å². The average molecular weight is 136 g/mol. The minimum atomic E-state index is 0.813. The van der Waals surface area contributed by atoms with Gasteiger partial charge in [-0.3, -0.25) is 0 Å². The zero-order valence-corrected chi connectivity index (χ0v) is 6.32. The van der Waals surface area contributed by atoms with E-state index >= 15 is 0 Å². The Hall–Kier alpha value is -0.590. The Kier molecular flexibility index (Phi) is 2.67. The van der Waals surface area contributed by atoms with Crippen molar-refractivity contribution in [1.82, 2.24) is 0 Å². The summed E-state index contributed by atoms with van der Waals surface area (Å²) in [7, 11) is 0. The largest absolute Gasteiger partial charge is 0.309 e. The molecule has 0 atom stereocenters. The molecule has 1 aliphatic carbocycles. The van der Waals surface area contributed by atoms with Crippen LogP contribution in [0, 0.1) is 11.3 Å². The molecule has 1 aliphatic rings. The second kappa shape index (κ2) is 3.55. The van der Waals surface area contributed by atoms with Crippen molar-refractivity contribution in [3.05, 3.63) is 18.6 Å². The number of allylic oxidation sites excluding steroid dienone is 1. The second-order valence-corrected chi connectivity index (χ2v) is 2.77. The Morgan fingerprint density at radius 2 is 1.90 bits per heavy atom. The molecule has 0 unspecified atom stereocenters. The first-order chi connectivity index (χ1) is 4.84. The normalized spacial score (nSPS) is 22.2. The van der Waals surface area contributed by atoms with E-state index in [9.17, 15) is 0 Å². The summed E-state index contributed by atoms with van der Waals surface area (Å²) in [5.74, 6) is 1.16. The van der Waals surface area contributed by atoms with Crippen LogP contribution in [0.4, 0.5) is 0 Å². The van der Waals surface area contributed by atoms with Gasteiger partial charge in [-0.05, 0) is 19.3 Å². The lowest BCUT2D eigenvalue weighted by Gasteiger charge is -2.06. The minimum Gasteiger partial charge on any atom is -0.309 e. The molecule has 1 nitrogen and oxygen atoms in total. The average Bonchev–Trinajstić information content (AvgIpc) is 2.13. The molecule has 0 aliphatic heterocycles. The molecule has 1 saturated carbocycles. The first kappa shape index (κ1) is 7.52. The highest BCUT2D eigenvalue weighted by atomic mass is 14.4. The van der Waals surface area contributed by atoms with Crippen LogP contribution in [0.3, 0.4) is 0 Å². The SMILES string of the molecule is C=C[C]1CCCCCC1=N. The molecule has 1 rings (SSSR count). The molecule has 0 amide bonds. The number of nitrogens with one attached hydrogen (secondary N) is 1. The monoisotopic (exact) mass is 136 g/mol. The second-order valence-electron chi connectivity index (χ2n) is 2.77. The number of hydrogen-bond acceptors (Lipinski definition) is 1. The summed E-state index contributed by atoms with van der Waals surface area (Å²) in [6.07, 6.45) is 7.58. The first-order valence-electron chi connectivity index (χ1n) is 3.90. The Balaban J connectivity index is 2.51. The Bertz CT molecular complexity index is 138. The molecule has 0 spiro atoms. The van der Waals surface area contributed by atoms with E-state index in [1.165, 1.54) is 19.3 Å². The van der Waals surface area contributed by atoms with Crippen molar-refractivity contribution in [2.45, 2.75) is 32.1 Å². The molecular weight excluding hydrogens is 122 g/mol. The highest BCUT2D eigenvalue weighted by Gasteiger charge is 2.13. The smallest absolute Gasteiger partial charge is 0.0399 e. The maximum Gasteiger partial charge on any atom is 0.0399 e. The lowest BCUT2D eigenvalue weighted by atomic mass is 9.99. The van der Waals surface area contributed by atoms with Crippen molar-refractivity contribution >= 4 is 5.71 Å². The fraction of sp³-hybridized carbons (Fsp3) is 0.556. The molecule has 0 saturated heterocycles. The fourth-order valence-corrected chi connectivity index (χ4v) is 1.33. The summed E-state index contributed by atoms with van der Waals surface area (Å²) >= 11 is 0. The van der Waals surface area contributed by atoms with E-state index in [-0.39, 0.29) is 0 Å².